The average molecular weight is 247 g/mol. The van der Waals surface area contributed by atoms with Crippen molar-refractivity contribution in [3.05, 3.63) is 34.4 Å². The van der Waals surface area contributed by atoms with Crippen LogP contribution in [0.25, 0.3) is 0 Å². The van der Waals surface area contributed by atoms with Gasteiger partial charge in [0.25, 0.3) is 0 Å². The molecule has 1 aromatic carbocycles. The molecule has 18 heavy (non-hydrogen) atoms. The van der Waals surface area contributed by atoms with Gasteiger partial charge in [0.1, 0.15) is 0 Å². The lowest BCUT2D eigenvalue weighted by Crippen LogP contribution is -2.22. The van der Waals surface area contributed by atoms with E-state index in [4.69, 9.17) is 5.73 Å². The fourth-order valence-electron chi connectivity index (χ4n) is 2.41. The van der Waals surface area contributed by atoms with Crippen molar-refractivity contribution in [1.29, 1.82) is 0 Å². The standard InChI is InChI=1S/C16H25NO/c1-10-12(15(2,3)4)8-11(14(17)18)9-13(10)16(5,6)7/h8-9H,1-7H3,(H2,17,18). The summed E-state index contributed by atoms with van der Waals surface area (Å²) in [7, 11) is 0. The number of hydrogen-bond acceptors (Lipinski definition) is 1. The number of amides is 1. The summed E-state index contributed by atoms with van der Waals surface area (Å²) in [5, 5.41) is 0. The number of carbonyl (C=O) groups excluding carboxylic acids is 1. The first-order valence-electron chi connectivity index (χ1n) is 6.40. The van der Waals surface area contributed by atoms with Crippen molar-refractivity contribution < 1.29 is 4.79 Å². The first-order valence-corrected chi connectivity index (χ1v) is 6.40. The van der Waals surface area contributed by atoms with E-state index in [1.54, 1.807) is 0 Å². The number of nitrogens with two attached hydrogens (primary N) is 1. The van der Waals surface area contributed by atoms with Crippen LogP contribution < -0.4 is 5.73 Å². The molecule has 0 unspecified atom stereocenters. The van der Waals surface area contributed by atoms with Crippen molar-refractivity contribution in [2.45, 2.75) is 59.3 Å². The van der Waals surface area contributed by atoms with E-state index in [1.807, 2.05) is 12.1 Å². The molecule has 0 saturated carbocycles. The zero-order valence-corrected chi connectivity index (χ0v) is 12.6. The smallest absolute Gasteiger partial charge is 0.248 e. The summed E-state index contributed by atoms with van der Waals surface area (Å²) in [5.41, 5.74) is 9.73. The lowest BCUT2D eigenvalue weighted by molar-refractivity contribution is 0.1000. The molecule has 1 rings (SSSR count). The first kappa shape index (κ1) is 14.7. The monoisotopic (exact) mass is 247 g/mol. The third kappa shape index (κ3) is 2.92. The van der Waals surface area contributed by atoms with Gasteiger partial charge in [0.2, 0.25) is 5.91 Å². The highest BCUT2D eigenvalue weighted by atomic mass is 16.1. The van der Waals surface area contributed by atoms with E-state index >= 15 is 0 Å². The van der Waals surface area contributed by atoms with Crippen LogP contribution in [0.2, 0.25) is 0 Å². The van der Waals surface area contributed by atoms with Gasteiger partial charge in [0.15, 0.2) is 0 Å². The van der Waals surface area contributed by atoms with Gasteiger partial charge in [0.05, 0.1) is 0 Å². The van der Waals surface area contributed by atoms with Crippen molar-refractivity contribution in [1.82, 2.24) is 0 Å². The Hall–Kier alpha value is -1.31. The van der Waals surface area contributed by atoms with Crippen LogP contribution in [0.4, 0.5) is 0 Å². The second-order valence-corrected chi connectivity index (χ2v) is 7.06. The average Bonchev–Trinajstić information content (AvgIpc) is 2.13. The topological polar surface area (TPSA) is 43.1 Å². The molecule has 0 aromatic heterocycles. The minimum atomic E-state index is -0.356. The second-order valence-electron chi connectivity index (χ2n) is 7.06. The molecule has 0 atom stereocenters. The molecule has 0 fully saturated rings. The minimum Gasteiger partial charge on any atom is -0.366 e. The molecule has 0 radical (unpaired) electrons. The van der Waals surface area contributed by atoms with Crippen molar-refractivity contribution >= 4 is 5.91 Å². The summed E-state index contributed by atoms with van der Waals surface area (Å²) < 4.78 is 0. The van der Waals surface area contributed by atoms with E-state index in [9.17, 15) is 4.79 Å². The predicted molar refractivity (Wildman–Crippen MR) is 77.1 cm³/mol. The van der Waals surface area contributed by atoms with Crippen LogP contribution in [-0.2, 0) is 10.8 Å². The molecule has 0 bridgehead atoms. The van der Waals surface area contributed by atoms with Gasteiger partial charge in [-0.05, 0) is 46.6 Å². The Morgan fingerprint density at radius 3 is 1.50 bits per heavy atom. The van der Waals surface area contributed by atoms with Gasteiger partial charge >= 0.3 is 0 Å². The second kappa shape index (κ2) is 4.42. The summed E-state index contributed by atoms with van der Waals surface area (Å²) in [4.78, 5) is 11.5. The van der Waals surface area contributed by atoms with Gasteiger partial charge in [-0.1, -0.05) is 41.5 Å². The van der Waals surface area contributed by atoms with Gasteiger partial charge < -0.3 is 5.73 Å². The lowest BCUT2D eigenvalue weighted by Gasteiger charge is -2.29. The van der Waals surface area contributed by atoms with Gasteiger partial charge in [-0.2, -0.15) is 0 Å². The van der Waals surface area contributed by atoms with E-state index < -0.39 is 0 Å². The lowest BCUT2D eigenvalue weighted by atomic mass is 9.75. The number of hydrogen-bond donors (Lipinski definition) is 1. The zero-order valence-electron chi connectivity index (χ0n) is 12.6. The highest BCUT2D eigenvalue weighted by molar-refractivity contribution is 5.93. The van der Waals surface area contributed by atoms with Crippen molar-refractivity contribution in [3.8, 4) is 0 Å². The molecule has 1 amide bonds. The molecule has 2 nitrogen and oxygen atoms in total. The number of rotatable bonds is 1. The third-order valence-electron chi connectivity index (χ3n) is 3.31. The summed E-state index contributed by atoms with van der Waals surface area (Å²) in [5.74, 6) is -0.356. The van der Waals surface area contributed by atoms with E-state index in [-0.39, 0.29) is 16.7 Å². The largest absolute Gasteiger partial charge is 0.366 e. The maximum atomic E-state index is 11.5. The third-order valence-corrected chi connectivity index (χ3v) is 3.31. The van der Waals surface area contributed by atoms with Gasteiger partial charge in [-0.25, -0.2) is 0 Å². The maximum absolute atomic E-state index is 11.5. The van der Waals surface area contributed by atoms with Crippen LogP contribution >= 0.6 is 0 Å². The number of benzene rings is 1. The first-order chi connectivity index (χ1) is 7.94. The van der Waals surface area contributed by atoms with Gasteiger partial charge in [-0.3, -0.25) is 4.79 Å². The Bertz CT molecular complexity index is 438. The minimum absolute atomic E-state index is 0.00947. The summed E-state index contributed by atoms with van der Waals surface area (Å²) in [6.07, 6.45) is 0. The zero-order chi connectivity index (χ0) is 14.3. The van der Waals surface area contributed by atoms with Crippen molar-refractivity contribution in [2.75, 3.05) is 0 Å². The molecule has 0 heterocycles. The molecule has 0 aliphatic rings. The quantitative estimate of drug-likeness (QED) is 0.808. The fourth-order valence-corrected chi connectivity index (χ4v) is 2.41. The van der Waals surface area contributed by atoms with Crippen molar-refractivity contribution in [3.63, 3.8) is 0 Å². The molecule has 2 heteroatoms. The van der Waals surface area contributed by atoms with Crippen LogP contribution in [-0.4, -0.2) is 5.91 Å². The molecule has 0 spiro atoms. The van der Waals surface area contributed by atoms with E-state index in [2.05, 4.69) is 48.5 Å². The van der Waals surface area contributed by atoms with Crippen LogP contribution in [0, 0.1) is 6.92 Å². The Balaban J connectivity index is 3.64. The molecular weight excluding hydrogens is 222 g/mol. The molecule has 100 valence electrons. The summed E-state index contributed by atoms with van der Waals surface area (Å²) >= 11 is 0. The Morgan fingerprint density at radius 2 is 1.28 bits per heavy atom. The van der Waals surface area contributed by atoms with E-state index in [1.165, 1.54) is 16.7 Å². The molecule has 0 saturated heterocycles. The van der Waals surface area contributed by atoms with Gasteiger partial charge in [0, 0.05) is 5.56 Å². The van der Waals surface area contributed by atoms with Crippen LogP contribution in [0.5, 0.6) is 0 Å². The Kier molecular flexibility index (Phi) is 3.62. The number of carbonyl (C=O) groups is 1. The maximum Gasteiger partial charge on any atom is 0.248 e. The predicted octanol–water partition coefficient (Wildman–Crippen LogP) is 3.69. The molecule has 0 aliphatic heterocycles. The Morgan fingerprint density at radius 1 is 0.944 bits per heavy atom. The van der Waals surface area contributed by atoms with E-state index in [0.717, 1.165) is 0 Å². The fraction of sp³-hybridized carbons (Fsp3) is 0.562. The van der Waals surface area contributed by atoms with Crippen molar-refractivity contribution in [2.24, 2.45) is 5.73 Å². The van der Waals surface area contributed by atoms with Crippen LogP contribution in [0.1, 0.15) is 68.6 Å². The van der Waals surface area contributed by atoms with Crippen LogP contribution in [0.3, 0.4) is 0 Å². The summed E-state index contributed by atoms with van der Waals surface area (Å²) in [6.45, 7) is 15.1. The normalized spacial score (nSPS) is 12.6. The Labute approximate surface area is 111 Å². The van der Waals surface area contributed by atoms with E-state index in [0.29, 0.717) is 5.56 Å². The summed E-state index contributed by atoms with van der Waals surface area (Å²) in [6, 6.07) is 3.87. The molecular formula is C16H25NO. The van der Waals surface area contributed by atoms with Gasteiger partial charge in [-0.15, -0.1) is 0 Å². The SMILES string of the molecule is Cc1c(C(C)(C)C)cc(C(N)=O)cc1C(C)(C)C. The molecule has 2 N–H and O–H groups in total. The highest BCUT2D eigenvalue weighted by Crippen LogP contribution is 2.34. The number of primary amides is 1. The molecule has 1 aromatic rings. The molecule has 0 aliphatic carbocycles. The highest BCUT2D eigenvalue weighted by Gasteiger charge is 2.25. The van der Waals surface area contributed by atoms with Crippen LogP contribution in [0.15, 0.2) is 12.1 Å².